The number of anilines is 2. The molecule has 2 aromatic rings. The Hall–Kier alpha value is -2.89. The third-order valence-electron chi connectivity index (χ3n) is 6.05. The topological polar surface area (TPSA) is 65.5 Å². The van der Waals surface area contributed by atoms with Crippen LogP contribution in [0.2, 0.25) is 0 Å². The average Bonchev–Trinajstić information content (AvgIpc) is 3.26. The van der Waals surface area contributed by atoms with Crippen molar-refractivity contribution >= 4 is 23.3 Å². The highest BCUT2D eigenvalue weighted by Gasteiger charge is 2.34. The summed E-state index contributed by atoms with van der Waals surface area (Å²) in [6, 6.07) is 11.3. The van der Waals surface area contributed by atoms with Crippen molar-refractivity contribution in [3.8, 4) is 0 Å². The maximum absolute atomic E-state index is 12.9. The van der Waals surface area contributed by atoms with Crippen LogP contribution < -0.4 is 10.2 Å². The zero-order valence-electron chi connectivity index (χ0n) is 17.6. The normalized spacial score (nSPS) is 19.0. The van der Waals surface area contributed by atoms with Crippen molar-refractivity contribution in [2.24, 2.45) is 0 Å². The van der Waals surface area contributed by atoms with Crippen LogP contribution in [0.5, 0.6) is 0 Å². The van der Waals surface area contributed by atoms with E-state index >= 15 is 0 Å². The van der Waals surface area contributed by atoms with Crippen molar-refractivity contribution in [3.63, 3.8) is 0 Å². The number of aryl methyl sites for hydroxylation is 1. The Bertz CT molecular complexity index is 893. The van der Waals surface area contributed by atoms with Gasteiger partial charge in [-0.3, -0.25) is 9.59 Å². The van der Waals surface area contributed by atoms with Gasteiger partial charge in [-0.2, -0.15) is 0 Å². The number of hydrogen-bond donors (Lipinski definition) is 1. The fourth-order valence-corrected chi connectivity index (χ4v) is 4.51. The monoisotopic (exact) mass is 406 g/mol. The van der Waals surface area contributed by atoms with E-state index in [9.17, 15) is 9.59 Å². The van der Waals surface area contributed by atoms with Crippen molar-refractivity contribution in [1.29, 1.82) is 0 Å². The first-order valence-corrected chi connectivity index (χ1v) is 11.0. The van der Waals surface area contributed by atoms with Gasteiger partial charge in [-0.05, 0) is 56.2 Å². The predicted molar refractivity (Wildman–Crippen MR) is 119 cm³/mol. The SMILES string of the molecule is Cc1cc(NC(=O)[C@H]2CCCN2C(=O)Cc2ccccc2)cnc1N1CCCCC1. The van der Waals surface area contributed by atoms with Gasteiger partial charge in [0.05, 0.1) is 18.3 Å². The van der Waals surface area contributed by atoms with Gasteiger partial charge in [-0.25, -0.2) is 4.98 Å². The van der Waals surface area contributed by atoms with Crippen molar-refractivity contribution in [2.45, 2.75) is 51.5 Å². The number of rotatable bonds is 5. The van der Waals surface area contributed by atoms with Crippen molar-refractivity contribution in [1.82, 2.24) is 9.88 Å². The Morgan fingerprint density at radius 2 is 1.83 bits per heavy atom. The van der Waals surface area contributed by atoms with Crippen molar-refractivity contribution < 1.29 is 9.59 Å². The van der Waals surface area contributed by atoms with Crippen LogP contribution in [0.4, 0.5) is 11.5 Å². The molecule has 30 heavy (non-hydrogen) atoms. The van der Waals surface area contributed by atoms with E-state index in [2.05, 4.69) is 15.2 Å². The number of nitrogens with one attached hydrogen (secondary N) is 1. The third kappa shape index (κ3) is 4.64. The van der Waals surface area contributed by atoms with E-state index in [-0.39, 0.29) is 11.8 Å². The van der Waals surface area contributed by atoms with Crippen LogP contribution in [-0.2, 0) is 16.0 Å². The van der Waals surface area contributed by atoms with Crippen LogP contribution in [0.1, 0.15) is 43.2 Å². The molecule has 1 aromatic carbocycles. The fraction of sp³-hybridized carbons (Fsp3) is 0.458. The van der Waals surface area contributed by atoms with Crippen LogP contribution in [0.15, 0.2) is 42.6 Å². The zero-order valence-corrected chi connectivity index (χ0v) is 17.6. The highest BCUT2D eigenvalue weighted by molar-refractivity contribution is 5.97. The second-order valence-electron chi connectivity index (χ2n) is 8.31. The Balaban J connectivity index is 1.40. The molecule has 2 amide bonds. The van der Waals surface area contributed by atoms with E-state index in [1.807, 2.05) is 43.3 Å². The highest BCUT2D eigenvalue weighted by Crippen LogP contribution is 2.25. The summed E-state index contributed by atoms with van der Waals surface area (Å²) in [7, 11) is 0. The largest absolute Gasteiger partial charge is 0.356 e. The number of benzene rings is 1. The first kappa shape index (κ1) is 20.4. The Kier molecular flexibility index (Phi) is 6.31. The minimum absolute atomic E-state index is 0.00796. The summed E-state index contributed by atoms with van der Waals surface area (Å²) in [6.45, 7) is 4.76. The summed E-state index contributed by atoms with van der Waals surface area (Å²) in [5.74, 6) is 0.891. The summed E-state index contributed by atoms with van der Waals surface area (Å²) in [4.78, 5) is 34.4. The first-order chi connectivity index (χ1) is 14.6. The molecule has 2 fully saturated rings. The lowest BCUT2D eigenvalue weighted by atomic mass is 10.1. The molecule has 0 unspecified atom stereocenters. The van der Waals surface area contributed by atoms with Gasteiger partial charge in [0, 0.05) is 19.6 Å². The van der Waals surface area contributed by atoms with E-state index in [1.165, 1.54) is 19.3 Å². The Morgan fingerprint density at radius 1 is 1.07 bits per heavy atom. The summed E-state index contributed by atoms with van der Waals surface area (Å²) >= 11 is 0. The molecule has 4 rings (SSSR count). The second-order valence-corrected chi connectivity index (χ2v) is 8.31. The summed E-state index contributed by atoms with van der Waals surface area (Å²) in [6.07, 6.45) is 7.30. The maximum atomic E-state index is 12.9. The van der Waals surface area contributed by atoms with E-state index in [0.717, 1.165) is 36.5 Å². The molecule has 6 heteroatoms. The molecular weight excluding hydrogens is 376 g/mol. The van der Waals surface area contributed by atoms with Gasteiger partial charge < -0.3 is 15.1 Å². The zero-order chi connectivity index (χ0) is 20.9. The molecule has 2 aliphatic rings. The van der Waals surface area contributed by atoms with Crippen LogP contribution in [0.3, 0.4) is 0 Å². The summed E-state index contributed by atoms with van der Waals surface area (Å²) < 4.78 is 0. The number of piperidine rings is 1. The van der Waals surface area contributed by atoms with Gasteiger partial charge in [0.15, 0.2) is 0 Å². The molecule has 158 valence electrons. The molecule has 0 spiro atoms. The number of amides is 2. The number of hydrogen-bond acceptors (Lipinski definition) is 4. The number of likely N-dealkylation sites (tertiary alicyclic amines) is 1. The van der Waals surface area contributed by atoms with Crippen LogP contribution >= 0.6 is 0 Å². The number of carbonyl (C=O) groups is 2. The lowest BCUT2D eigenvalue weighted by molar-refractivity contribution is -0.136. The van der Waals surface area contributed by atoms with E-state index in [1.54, 1.807) is 11.1 Å². The molecule has 1 atom stereocenters. The Labute approximate surface area is 178 Å². The summed E-state index contributed by atoms with van der Waals surface area (Å²) in [5, 5.41) is 2.99. The second kappa shape index (κ2) is 9.28. The molecular formula is C24H30N4O2. The van der Waals surface area contributed by atoms with Crippen molar-refractivity contribution in [2.75, 3.05) is 29.9 Å². The third-order valence-corrected chi connectivity index (χ3v) is 6.05. The lowest BCUT2D eigenvalue weighted by Crippen LogP contribution is -2.43. The molecule has 2 saturated heterocycles. The molecule has 1 N–H and O–H groups in total. The van der Waals surface area contributed by atoms with Gasteiger partial charge in [-0.15, -0.1) is 0 Å². The van der Waals surface area contributed by atoms with Gasteiger partial charge in [0.25, 0.3) is 0 Å². The van der Waals surface area contributed by atoms with Gasteiger partial charge >= 0.3 is 0 Å². The number of pyridine rings is 1. The first-order valence-electron chi connectivity index (χ1n) is 11.0. The minimum atomic E-state index is -0.414. The van der Waals surface area contributed by atoms with Gasteiger partial charge in [0.1, 0.15) is 11.9 Å². The minimum Gasteiger partial charge on any atom is -0.356 e. The number of aromatic nitrogens is 1. The van der Waals surface area contributed by atoms with Crippen LogP contribution in [0, 0.1) is 6.92 Å². The predicted octanol–water partition coefficient (Wildman–Crippen LogP) is 3.55. The molecule has 0 bridgehead atoms. The molecule has 0 aliphatic carbocycles. The molecule has 0 radical (unpaired) electrons. The maximum Gasteiger partial charge on any atom is 0.247 e. The summed E-state index contributed by atoms with van der Waals surface area (Å²) in [5.41, 5.74) is 2.74. The van der Waals surface area contributed by atoms with Gasteiger partial charge in [-0.1, -0.05) is 30.3 Å². The quantitative estimate of drug-likeness (QED) is 0.825. The standard InChI is InChI=1S/C24H30N4O2/c1-18-15-20(17-25-23(18)27-12-6-3-7-13-27)26-24(30)21-11-8-14-28(21)22(29)16-19-9-4-2-5-10-19/h2,4-5,9-10,15,17,21H,3,6-8,11-14,16H2,1H3,(H,26,30)/t21-/m1/s1. The van der Waals surface area contributed by atoms with Gasteiger partial charge in [0.2, 0.25) is 11.8 Å². The number of carbonyl (C=O) groups excluding carboxylic acids is 2. The molecule has 1 aromatic heterocycles. The molecule has 3 heterocycles. The van der Waals surface area contributed by atoms with Crippen LogP contribution in [-0.4, -0.2) is 47.4 Å². The lowest BCUT2D eigenvalue weighted by Gasteiger charge is -2.29. The smallest absolute Gasteiger partial charge is 0.247 e. The molecule has 2 aliphatic heterocycles. The molecule has 0 saturated carbocycles. The van der Waals surface area contributed by atoms with Crippen molar-refractivity contribution in [3.05, 3.63) is 53.7 Å². The fourth-order valence-electron chi connectivity index (χ4n) is 4.51. The molecule has 6 nitrogen and oxygen atoms in total. The van der Waals surface area contributed by atoms with E-state index < -0.39 is 6.04 Å². The van der Waals surface area contributed by atoms with E-state index in [4.69, 9.17) is 0 Å². The Morgan fingerprint density at radius 3 is 2.57 bits per heavy atom. The number of nitrogens with zero attached hydrogens (tertiary/aromatic N) is 3. The highest BCUT2D eigenvalue weighted by atomic mass is 16.2. The van der Waals surface area contributed by atoms with Crippen LogP contribution in [0.25, 0.3) is 0 Å². The van der Waals surface area contributed by atoms with E-state index in [0.29, 0.717) is 25.1 Å². The average molecular weight is 407 g/mol.